The lowest BCUT2D eigenvalue weighted by Gasteiger charge is -2.24. The van der Waals surface area contributed by atoms with Gasteiger partial charge in [-0.05, 0) is 54.5 Å². The van der Waals surface area contributed by atoms with Crippen LogP contribution in [-0.4, -0.2) is 22.7 Å². The summed E-state index contributed by atoms with van der Waals surface area (Å²) < 4.78 is 0. The molecule has 0 bridgehead atoms. The van der Waals surface area contributed by atoms with Gasteiger partial charge in [-0.1, -0.05) is 48.9 Å². The predicted molar refractivity (Wildman–Crippen MR) is 108 cm³/mol. The fourth-order valence-electron chi connectivity index (χ4n) is 3.99. The fraction of sp³-hybridized carbons (Fsp3) is 0.304. The van der Waals surface area contributed by atoms with E-state index in [9.17, 15) is 5.11 Å². The number of H-pyrrole nitrogens is 1. The zero-order valence-corrected chi connectivity index (χ0v) is 15.0. The Hall–Kier alpha value is -2.52. The average molecular weight is 346 g/mol. The van der Waals surface area contributed by atoms with Crippen molar-refractivity contribution in [1.82, 2.24) is 10.3 Å². The van der Waals surface area contributed by atoms with Crippen molar-refractivity contribution in [3.63, 3.8) is 0 Å². The Labute approximate surface area is 154 Å². The van der Waals surface area contributed by atoms with E-state index >= 15 is 0 Å². The smallest absolute Gasteiger partial charge is 0.139 e. The Balaban J connectivity index is 1.29. The van der Waals surface area contributed by atoms with Crippen LogP contribution >= 0.6 is 0 Å². The molecule has 1 aromatic heterocycles. The number of hydrogen-bond donors (Lipinski definition) is 3. The predicted octanol–water partition coefficient (Wildman–Crippen LogP) is 5.03. The Morgan fingerprint density at radius 2 is 1.88 bits per heavy atom. The highest BCUT2D eigenvalue weighted by Crippen LogP contribution is 2.28. The number of phenolic OH excluding ortho intramolecular Hbond substituents is 1. The van der Waals surface area contributed by atoms with Gasteiger partial charge in [-0.3, -0.25) is 0 Å². The van der Waals surface area contributed by atoms with E-state index in [2.05, 4.69) is 58.8 Å². The molecular formula is C23H26N2O. The maximum absolute atomic E-state index is 9.90. The van der Waals surface area contributed by atoms with E-state index in [1.165, 1.54) is 36.0 Å². The first kappa shape index (κ1) is 16.9. The highest BCUT2D eigenvalue weighted by Gasteiger charge is 2.15. The minimum absolute atomic E-state index is 0.334. The number of aryl methyl sites for hydroxylation is 1. The molecule has 3 nitrogen and oxygen atoms in total. The van der Waals surface area contributed by atoms with Gasteiger partial charge in [-0.15, -0.1) is 0 Å². The molecule has 0 amide bonds. The number of fused-ring (bicyclic) bond motifs is 1. The molecule has 0 radical (unpaired) electrons. The van der Waals surface area contributed by atoms with Crippen LogP contribution in [0.25, 0.3) is 16.5 Å². The third-order valence-corrected chi connectivity index (χ3v) is 5.41. The Bertz CT molecular complexity index is 895. The Morgan fingerprint density at radius 1 is 1.00 bits per heavy atom. The van der Waals surface area contributed by atoms with Gasteiger partial charge in [0.1, 0.15) is 5.75 Å². The second-order valence-electron chi connectivity index (χ2n) is 7.16. The molecule has 2 heterocycles. The number of aromatic amines is 1. The molecule has 2 aromatic carbocycles. The lowest BCUT2D eigenvalue weighted by molar-refractivity contribution is 0.476. The van der Waals surface area contributed by atoms with Crippen LogP contribution in [0, 0.1) is 0 Å². The number of unbranched alkanes of at least 4 members (excludes halogenated alkanes) is 1. The number of hydrogen-bond acceptors (Lipinski definition) is 2. The molecule has 1 atom stereocenters. The maximum atomic E-state index is 9.90. The van der Waals surface area contributed by atoms with Crippen LogP contribution in [0.3, 0.4) is 0 Å². The summed E-state index contributed by atoms with van der Waals surface area (Å²) in [7, 11) is 0. The lowest BCUT2D eigenvalue weighted by atomic mass is 9.92. The zero-order chi connectivity index (χ0) is 17.8. The van der Waals surface area contributed by atoms with E-state index in [1.807, 2.05) is 6.20 Å². The van der Waals surface area contributed by atoms with Crippen molar-refractivity contribution in [1.29, 1.82) is 0 Å². The molecule has 3 aromatic rings. The molecule has 0 saturated heterocycles. The van der Waals surface area contributed by atoms with Crippen molar-refractivity contribution in [2.24, 2.45) is 0 Å². The van der Waals surface area contributed by atoms with Crippen molar-refractivity contribution in [2.75, 3.05) is 6.54 Å². The monoisotopic (exact) mass is 346 g/mol. The fourth-order valence-corrected chi connectivity index (χ4v) is 3.99. The van der Waals surface area contributed by atoms with Crippen LogP contribution < -0.4 is 5.32 Å². The summed E-state index contributed by atoms with van der Waals surface area (Å²) in [6, 6.07) is 17.2. The molecule has 26 heavy (non-hydrogen) atoms. The molecule has 0 spiro atoms. The van der Waals surface area contributed by atoms with E-state index in [0.29, 0.717) is 11.8 Å². The summed E-state index contributed by atoms with van der Waals surface area (Å²) >= 11 is 0. The molecule has 0 saturated carbocycles. The first-order valence-corrected chi connectivity index (χ1v) is 9.57. The standard InChI is InChI=1S/C23H26N2O/c26-22-11-10-18(21-13-15-25-23(21)22)8-4-5-9-20-16-19(12-14-24-20)17-6-2-1-3-7-17/h1-3,6-7,10-13,15,20,24-26H,4-5,8-9,14,16H2. The van der Waals surface area contributed by atoms with E-state index in [-0.39, 0.29) is 0 Å². The molecule has 4 rings (SSSR count). The first-order valence-electron chi connectivity index (χ1n) is 9.57. The van der Waals surface area contributed by atoms with Gasteiger partial charge in [-0.25, -0.2) is 0 Å². The highest BCUT2D eigenvalue weighted by atomic mass is 16.3. The Morgan fingerprint density at radius 3 is 2.77 bits per heavy atom. The summed E-state index contributed by atoms with van der Waals surface area (Å²) in [6.07, 6.45) is 9.99. The quantitative estimate of drug-likeness (QED) is 0.548. The van der Waals surface area contributed by atoms with E-state index in [1.54, 1.807) is 6.07 Å². The van der Waals surface area contributed by atoms with Crippen molar-refractivity contribution >= 4 is 16.5 Å². The van der Waals surface area contributed by atoms with Crippen LogP contribution in [0.15, 0.2) is 60.8 Å². The van der Waals surface area contributed by atoms with Crippen LogP contribution in [0.5, 0.6) is 5.75 Å². The number of nitrogens with one attached hydrogen (secondary N) is 2. The normalized spacial score (nSPS) is 17.4. The SMILES string of the molecule is Oc1ccc(CCCCC2CC(c3ccccc3)=CCN2)c2cc[nH]c12. The van der Waals surface area contributed by atoms with E-state index in [4.69, 9.17) is 0 Å². The van der Waals surface area contributed by atoms with E-state index in [0.717, 1.165) is 30.3 Å². The molecule has 3 N–H and O–H groups in total. The molecule has 0 fully saturated rings. The number of aromatic nitrogens is 1. The summed E-state index contributed by atoms with van der Waals surface area (Å²) in [5.74, 6) is 0.334. The lowest BCUT2D eigenvalue weighted by Crippen LogP contribution is -2.32. The van der Waals surface area contributed by atoms with Crippen molar-refractivity contribution < 1.29 is 5.11 Å². The first-order chi connectivity index (χ1) is 12.8. The van der Waals surface area contributed by atoms with E-state index < -0.39 is 0 Å². The maximum Gasteiger partial charge on any atom is 0.139 e. The van der Waals surface area contributed by atoms with Crippen LogP contribution in [0.2, 0.25) is 0 Å². The van der Waals surface area contributed by atoms with Crippen LogP contribution in [0.1, 0.15) is 36.8 Å². The van der Waals surface area contributed by atoms with Gasteiger partial charge >= 0.3 is 0 Å². The van der Waals surface area contributed by atoms with Gasteiger partial charge < -0.3 is 15.4 Å². The molecule has 1 aliphatic rings. The number of benzene rings is 2. The Kier molecular flexibility index (Phi) is 5.07. The average Bonchev–Trinajstić information content (AvgIpc) is 3.19. The van der Waals surface area contributed by atoms with Crippen LogP contribution in [0.4, 0.5) is 0 Å². The largest absolute Gasteiger partial charge is 0.506 e. The van der Waals surface area contributed by atoms with Crippen molar-refractivity contribution in [3.05, 3.63) is 71.9 Å². The highest BCUT2D eigenvalue weighted by molar-refractivity contribution is 5.87. The minimum Gasteiger partial charge on any atom is -0.506 e. The summed E-state index contributed by atoms with van der Waals surface area (Å²) in [6.45, 7) is 0.969. The third-order valence-electron chi connectivity index (χ3n) is 5.41. The number of phenols is 1. The molecule has 1 unspecified atom stereocenters. The number of aromatic hydroxyl groups is 1. The molecule has 1 aliphatic heterocycles. The van der Waals surface area contributed by atoms with Crippen molar-refractivity contribution in [3.8, 4) is 5.75 Å². The van der Waals surface area contributed by atoms with Gasteiger partial charge in [0.2, 0.25) is 0 Å². The summed E-state index contributed by atoms with van der Waals surface area (Å²) in [4.78, 5) is 3.12. The van der Waals surface area contributed by atoms with Gasteiger partial charge in [0.15, 0.2) is 0 Å². The molecule has 3 heteroatoms. The van der Waals surface area contributed by atoms with Gasteiger partial charge in [-0.2, -0.15) is 0 Å². The zero-order valence-electron chi connectivity index (χ0n) is 15.0. The topological polar surface area (TPSA) is 48.0 Å². The second kappa shape index (κ2) is 7.79. The molecule has 0 aliphatic carbocycles. The van der Waals surface area contributed by atoms with Gasteiger partial charge in [0.25, 0.3) is 0 Å². The third kappa shape index (κ3) is 3.68. The summed E-state index contributed by atoms with van der Waals surface area (Å²) in [5.41, 5.74) is 5.01. The molecule has 134 valence electrons. The van der Waals surface area contributed by atoms with Crippen LogP contribution in [-0.2, 0) is 6.42 Å². The molecular weight excluding hydrogens is 320 g/mol. The minimum atomic E-state index is 0.334. The second-order valence-corrected chi connectivity index (χ2v) is 7.16. The van der Waals surface area contributed by atoms with Gasteiger partial charge in [0, 0.05) is 24.2 Å². The number of rotatable bonds is 6. The van der Waals surface area contributed by atoms with Gasteiger partial charge in [0.05, 0.1) is 5.52 Å². The van der Waals surface area contributed by atoms with Crippen molar-refractivity contribution in [2.45, 2.75) is 38.1 Å². The summed E-state index contributed by atoms with van der Waals surface area (Å²) in [5, 5.41) is 14.7.